The summed E-state index contributed by atoms with van der Waals surface area (Å²) in [6.45, 7) is 8.18. The first kappa shape index (κ1) is 19.2. The number of hydrogen-bond donors (Lipinski definition) is 2. The van der Waals surface area contributed by atoms with Crippen molar-refractivity contribution < 1.29 is 19.7 Å². The summed E-state index contributed by atoms with van der Waals surface area (Å²) in [5.74, 6) is 0.857. The van der Waals surface area contributed by atoms with Gasteiger partial charge in [0.15, 0.2) is 0 Å². The lowest BCUT2D eigenvalue weighted by Crippen LogP contribution is -2.49. The quantitative estimate of drug-likeness (QED) is 0.753. The average Bonchev–Trinajstić information content (AvgIpc) is 2.57. The number of ether oxygens (including phenoxy) is 2. The van der Waals surface area contributed by atoms with Crippen LogP contribution in [0.3, 0.4) is 0 Å². The zero-order valence-corrected chi connectivity index (χ0v) is 16.7. The molecule has 3 rings (SSSR count). The largest absolute Gasteiger partial charge is 0.507 e. The number of hydrogen-bond acceptors (Lipinski definition) is 4. The third-order valence-corrected chi connectivity index (χ3v) is 6.09. The van der Waals surface area contributed by atoms with Gasteiger partial charge >= 0.3 is 0 Å². The molecule has 0 saturated heterocycles. The van der Waals surface area contributed by atoms with Gasteiger partial charge in [0, 0.05) is 12.7 Å². The summed E-state index contributed by atoms with van der Waals surface area (Å²) in [6.07, 6.45) is 5.06. The molecular weight excluding hydrogens is 328 g/mol. The molecule has 4 heteroatoms. The average molecular weight is 360 g/mol. The van der Waals surface area contributed by atoms with Gasteiger partial charge in [-0.25, -0.2) is 0 Å². The molecule has 0 bridgehead atoms. The van der Waals surface area contributed by atoms with Crippen molar-refractivity contribution in [1.82, 2.24) is 0 Å². The molecule has 26 heavy (non-hydrogen) atoms. The molecule has 1 aliphatic heterocycles. The Morgan fingerprint density at radius 1 is 1.23 bits per heavy atom. The van der Waals surface area contributed by atoms with Crippen molar-refractivity contribution in [3.05, 3.63) is 28.8 Å². The highest BCUT2D eigenvalue weighted by Gasteiger charge is 2.48. The second-order valence-corrected chi connectivity index (χ2v) is 8.37. The lowest BCUT2D eigenvalue weighted by molar-refractivity contribution is -0.0782. The first-order valence-corrected chi connectivity index (χ1v) is 9.75. The van der Waals surface area contributed by atoms with Gasteiger partial charge in [-0.15, -0.1) is 0 Å². The van der Waals surface area contributed by atoms with Crippen LogP contribution in [0.25, 0.3) is 5.57 Å². The van der Waals surface area contributed by atoms with Crippen molar-refractivity contribution in [3.63, 3.8) is 0 Å². The molecule has 2 N–H and O–H groups in total. The highest BCUT2D eigenvalue weighted by molar-refractivity contribution is 5.84. The molecule has 1 heterocycles. The molecule has 2 atom stereocenters. The van der Waals surface area contributed by atoms with Crippen LogP contribution in [0.15, 0.2) is 17.7 Å². The number of aliphatic hydroxyl groups is 1. The number of aromatic hydroxyl groups is 1. The van der Waals surface area contributed by atoms with Gasteiger partial charge in [0.25, 0.3) is 0 Å². The fraction of sp³-hybridized carbons (Fsp3) is 0.636. The summed E-state index contributed by atoms with van der Waals surface area (Å²) in [7, 11) is 1.64. The Hall–Kier alpha value is -1.52. The summed E-state index contributed by atoms with van der Waals surface area (Å²) in [5.41, 5.74) is 2.39. The van der Waals surface area contributed by atoms with Crippen LogP contribution in [-0.4, -0.2) is 34.6 Å². The predicted molar refractivity (Wildman–Crippen MR) is 104 cm³/mol. The van der Waals surface area contributed by atoms with Crippen molar-refractivity contribution in [1.29, 1.82) is 0 Å². The van der Waals surface area contributed by atoms with E-state index in [-0.39, 0.29) is 5.75 Å². The SMILES string of the molecule is CCCCCc1cc(O)c2c(c1)OC(C)(C)C1=C2C(O)C(C)(OC)CC1. The fourth-order valence-electron chi connectivity index (χ4n) is 4.31. The van der Waals surface area contributed by atoms with Crippen LogP contribution >= 0.6 is 0 Å². The molecule has 0 amide bonds. The maximum Gasteiger partial charge on any atom is 0.132 e. The first-order chi connectivity index (χ1) is 12.2. The molecule has 0 spiro atoms. The topological polar surface area (TPSA) is 58.9 Å². The number of aliphatic hydroxyl groups excluding tert-OH is 1. The molecule has 2 aliphatic rings. The molecule has 144 valence electrons. The second-order valence-electron chi connectivity index (χ2n) is 8.37. The van der Waals surface area contributed by atoms with E-state index >= 15 is 0 Å². The maximum absolute atomic E-state index is 11.1. The molecule has 1 aromatic rings. The Bertz CT molecular complexity index is 719. The summed E-state index contributed by atoms with van der Waals surface area (Å²) >= 11 is 0. The summed E-state index contributed by atoms with van der Waals surface area (Å²) in [6, 6.07) is 3.86. The minimum atomic E-state index is -0.796. The molecule has 0 radical (unpaired) electrons. The van der Waals surface area contributed by atoms with Gasteiger partial charge in [0.1, 0.15) is 23.2 Å². The number of methoxy groups -OCH3 is 1. The van der Waals surface area contributed by atoms with Crippen molar-refractivity contribution in [2.24, 2.45) is 0 Å². The van der Waals surface area contributed by atoms with E-state index in [4.69, 9.17) is 9.47 Å². The van der Waals surface area contributed by atoms with Gasteiger partial charge < -0.3 is 19.7 Å². The van der Waals surface area contributed by atoms with Crippen LogP contribution in [-0.2, 0) is 11.2 Å². The van der Waals surface area contributed by atoms with E-state index in [9.17, 15) is 10.2 Å². The Labute approximate surface area is 156 Å². The maximum atomic E-state index is 11.1. The minimum Gasteiger partial charge on any atom is -0.507 e. The van der Waals surface area contributed by atoms with E-state index in [1.807, 2.05) is 32.9 Å². The zero-order valence-electron chi connectivity index (χ0n) is 16.7. The number of phenolic OH excluding ortho intramolecular Hbond substituents is 1. The molecule has 1 aromatic carbocycles. The van der Waals surface area contributed by atoms with E-state index in [0.29, 0.717) is 11.3 Å². The fourth-order valence-corrected chi connectivity index (χ4v) is 4.31. The van der Waals surface area contributed by atoms with Crippen LogP contribution in [0.4, 0.5) is 0 Å². The molecule has 0 saturated carbocycles. The predicted octanol–water partition coefficient (Wildman–Crippen LogP) is 4.61. The summed E-state index contributed by atoms with van der Waals surface area (Å²) in [4.78, 5) is 0. The molecular formula is C22H32O4. The van der Waals surface area contributed by atoms with Crippen molar-refractivity contribution in [2.75, 3.05) is 7.11 Å². The highest BCUT2D eigenvalue weighted by Crippen LogP contribution is 2.53. The van der Waals surface area contributed by atoms with E-state index < -0.39 is 17.3 Å². The van der Waals surface area contributed by atoms with Crippen molar-refractivity contribution in [2.45, 2.75) is 83.5 Å². The van der Waals surface area contributed by atoms with Crippen LogP contribution in [0.2, 0.25) is 0 Å². The van der Waals surface area contributed by atoms with Crippen LogP contribution in [0.1, 0.15) is 70.9 Å². The molecule has 1 aliphatic carbocycles. The normalized spacial score (nSPS) is 26.9. The monoisotopic (exact) mass is 360 g/mol. The number of rotatable bonds is 5. The van der Waals surface area contributed by atoms with Crippen LogP contribution < -0.4 is 4.74 Å². The van der Waals surface area contributed by atoms with Crippen LogP contribution in [0.5, 0.6) is 11.5 Å². The highest BCUT2D eigenvalue weighted by atomic mass is 16.5. The number of fused-ring (bicyclic) bond motifs is 2. The van der Waals surface area contributed by atoms with E-state index in [1.54, 1.807) is 7.11 Å². The van der Waals surface area contributed by atoms with Gasteiger partial charge in [-0.05, 0) is 69.7 Å². The van der Waals surface area contributed by atoms with Gasteiger partial charge in [0.2, 0.25) is 0 Å². The van der Waals surface area contributed by atoms with E-state index in [2.05, 4.69) is 6.92 Å². The van der Waals surface area contributed by atoms with Gasteiger partial charge in [0.05, 0.1) is 11.2 Å². The smallest absolute Gasteiger partial charge is 0.132 e. The lowest BCUT2D eigenvalue weighted by atomic mass is 9.70. The minimum absolute atomic E-state index is 0.191. The van der Waals surface area contributed by atoms with Gasteiger partial charge in [-0.2, -0.15) is 0 Å². The number of phenols is 1. The van der Waals surface area contributed by atoms with Crippen molar-refractivity contribution >= 4 is 5.57 Å². The Balaban J connectivity index is 2.09. The lowest BCUT2D eigenvalue weighted by Gasteiger charge is -2.47. The Kier molecular flexibility index (Phi) is 5.11. The van der Waals surface area contributed by atoms with Crippen molar-refractivity contribution in [3.8, 4) is 11.5 Å². The molecule has 0 fully saturated rings. The third-order valence-electron chi connectivity index (χ3n) is 6.09. The summed E-state index contributed by atoms with van der Waals surface area (Å²) < 4.78 is 11.9. The Morgan fingerprint density at radius 2 is 1.96 bits per heavy atom. The zero-order chi connectivity index (χ0) is 19.1. The molecule has 4 nitrogen and oxygen atoms in total. The van der Waals surface area contributed by atoms with Gasteiger partial charge in [-0.1, -0.05) is 19.8 Å². The van der Waals surface area contributed by atoms with E-state index in [0.717, 1.165) is 42.4 Å². The third kappa shape index (κ3) is 3.14. The number of benzene rings is 1. The Morgan fingerprint density at radius 3 is 2.62 bits per heavy atom. The molecule has 0 aromatic heterocycles. The van der Waals surface area contributed by atoms with E-state index in [1.165, 1.54) is 12.8 Å². The van der Waals surface area contributed by atoms with Crippen LogP contribution in [0, 0.1) is 0 Å². The van der Waals surface area contributed by atoms with Gasteiger partial charge in [-0.3, -0.25) is 0 Å². The number of unbranched alkanes of at least 4 members (excludes halogenated alkanes) is 2. The number of aryl methyl sites for hydroxylation is 1. The summed E-state index contributed by atoms with van der Waals surface area (Å²) in [5, 5.41) is 21.9. The first-order valence-electron chi connectivity index (χ1n) is 9.75. The molecule has 2 unspecified atom stereocenters. The standard InChI is InChI=1S/C22H32O4/c1-6-7-8-9-14-12-16(23)19-17(13-14)26-21(2,3)15-10-11-22(4,25-5)20(24)18(15)19/h12-13,20,23-24H,6-11H2,1-5H3. The second kappa shape index (κ2) is 6.90.